The third-order valence-corrected chi connectivity index (χ3v) is 6.25. The molecule has 0 saturated heterocycles. The Hall–Kier alpha value is -0.920. The molecule has 21 heavy (non-hydrogen) atoms. The first kappa shape index (κ1) is 16.5. The van der Waals surface area contributed by atoms with E-state index in [-0.39, 0.29) is 11.8 Å². The highest BCUT2D eigenvalue weighted by molar-refractivity contribution is 7.89. The van der Waals surface area contributed by atoms with Gasteiger partial charge in [0, 0.05) is 44.0 Å². The predicted octanol–water partition coefficient (Wildman–Crippen LogP) is 1.06. The Balaban J connectivity index is 1.93. The van der Waals surface area contributed by atoms with E-state index in [9.17, 15) is 8.42 Å². The molecule has 1 heterocycles. The van der Waals surface area contributed by atoms with Crippen molar-refractivity contribution >= 4 is 10.0 Å². The van der Waals surface area contributed by atoms with E-state index in [2.05, 4.69) is 10.4 Å². The number of fused-ring (bicyclic) bond motifs is 1. The molecule has 0 aromatic carbocycles. The Morgan fingerprint density at radius 3 is 2.81 bits per heavy atom. The number of aromatic nitrogens is 2. The lowest BCUT2D eigenvalue weighted by Gasteiger charge is -2.25. The molecule has 1 N–H and O–H groups in total. The number of rotatable bonds is 7. The van der Waals surface area contributed by atoms with Crippen LogP contribution in [0.15, 0.2) is 6.20 Å². The molecule has 1 aromatic rings. The van der Waals surface area contributed by atoms with E-state index in [1.165, 1.54) is 15.6 Å². The third kappa shape index (κ3) is 3.64. The molecule has 0 unspecified atom stereocenters. The van der Waals surface area contributed by atoms with Gasteiger partial charge >= 0.3 is 0 Å². The Labute approximate surface area is 127 Å². The summed E-state index contributed by atoms with van der Waals surface area (Å²) in [6.07, 6.45) is 5.13. The van der Waals surface area contributed by atoms with Gasteiger partial charge in [0.25, 0.3) is 0 Å². The van der Waals surface area contributed by atoms with Crippen molar-refractivity contribution in [3.8, 4) is 0 Å². The molecule has 0 saturated carbocycles. The molecule has 0 spiro atoms. The third-order valence-electron chi connectivity index (χ3n) is 4.23. The molecule has 120 valence electrons. The van der Waals surface area contributed by atoms with Crippen LogP contribution in [0.25, 0.3) is 0 Å². The summed E-state index contributed by atoms with van der Waals surface area (Å²) in [7, 11) is -1.18. The fourth-order valence-corrected chi connectivity index (χ4v) is 4.45. The number of nitrogens with zero attached hydrogens (tertiary/aromatic N) is 3. The molecule has 1 atom stereocenters. The van der Waals surface area contributed by atoms with Crippen molar-refractivity contribution in [2.24, 2.45) is 7.05 Å². The lowest BCUT2D eigenvalue weighted by molar-refractivity contribution is 0.434. The van der Waals surface area contributed by atoms with Crippen molar-refractivity contribution in [1.29, 1.82) is 0 Å². The van der Waals surface area contributed by atoms with E-state index >= 15 is 0 Å². The van der Waals surface area contributed by atoms with Crippen LogP contribution in [-0.2, 0) is 23.5 Å². The second kappa shape index (κ2) is 6.89. The summed E-state index contributed by atoms with van der Waals surface area (Å²) < 4.78 is 27.8. The quantitative estimate of drug-likeness (QED) is 0.817. The Morgan fingerprint density at radius 1 is 1.43 bits per heavy atom. The number of hydrogen-bond donors (Lipinski definition) is 1. The van der Waals surface area contributed by atoms with E-state index in [4.69, 9.17) is 0 Å². The second-order valence-corrected chi connectivity index (χ2v) is 7.56. The zero-order valence-electron chi connectivity index (χ0n) is 13.2. The lowest BCUT2D eigenvalue weighted by atomic mass is 9.93. The van der Waals surface area contributed by atoms with Crippen LogP contribution in [-0.4, -0.2) is 47.9 Å². The van der Waals surface area contributed by atoms with Crippen LogP contribution in [0.4, 0.5) is 0 Å². The number of aryl methyl sites for hydroxylation is 1. The minimum Gasteiger partial charge on any atom is -0.309 e. The van der Waals surface area contributed by atoms with Gasteiger partial charge < -0.3 is 5.32 Å². The lowest BCUT2D eigenvalue weighted by Crippen LogP contribution is -2.37. The molecule has 0 aliphatic heterocycles. The standard InChI is InChI=1S/C14H26N4O2S/c1-4-18(5-2)21(19,20)10-9-15-13-7-6-8-14-12(13)11-16-17(14)3/h11,13,15H,4-10H2,1-3H3/t13-/m0/s1. The van der Waals surface area contributed by atoms with E-state index < -0.39 is 10.0 Å². The van der Waals surface area contributed by atoms with Gasteiger partial charge in [0.05, 0.1) is 11.9 Å². The molecule has 6 nitrogen and oxygen atoms in total. The van der Waals surface area contributed by atoms with Crippen LogP contribution in [0.5, 0.6) is 0 Å². The van der Waals surface area contributed by atoms with Crippen LogP contribution in [0.1, 0.15) is 44.0 Å². The summed E-state index contributed by atoms with van der Waals surface area (Å²) in [4.78, 5) is 0. The molecule has 0 amide bonds. The predicted molar refractivity (Wildman–Crippen MR) is 83.6 cm³/mol. The molecule has 0 fully saturated rings. The first-order valence-corrected chi connectivity index (χ1v) is 9.32. The molecule has 2 rings (SSSR count). The zero-order valence-corrected chi connectivity index (χ0v) is 14.0. The number of sulfonamides is 1. The largest absolute Gasteiger partial charge is 0.309 e. The average molecular weight is 314 g/mol. The average Bonchev–Trinajstić information content (AvgIpc) is 2.82. The van der Waals surface area contributed by atoms with Crippen LogP contribution in [0.2, 0.25) is 0 Å². The molecule has 1 aliphatic carbocycles. The molecule has 1 aromatic heterocycles. The smallest absolute Gasteiger partial charge is 0.215 e. The van der Waals surface area contributed by atoms with Gasteiger partial charge in [-0.2, -0.15) is 5.10 Å². The Morgan fingerprint density at radius 2 is 2.14 bits per heavy atom. The van der Waals surface area contributed by atoms with Gasteiger partial charge in [0.15, 0.2) is 0 Å². The Bertz CT molecular complexity index is 564. The first-order chi connectivity index (χ1) is 9.99. The normalized spacial score (nSPS) is 19.0. The summed E-state index contributed by atoms with van der Waals surface area (Å²) in [6.45, 7) is 5.30. The van der Waals surface area contributed by atoms with Gasteiger partial charge in [0.1, 0.15) is 0 Å². The van der Waals surface area contributed by atoms with Crippen molar-refractivity contribution < 1.29 is 8.42 Å². The zero-order chi connectivity index (χ0) is 15.5. The van der Waals surface area contributed by atoms with Crippen molar-refractivity contribution in [3.63, 3.8) is 0 Å². The summed E-state index contributed by atoms with van der Waals surface area (Å²) in [5.74, 6) is 0.154. The highest BCUT2D eigenvalue weighted by atomic mass is 32.2. The van der Waals surface area contributed by atoms with E-state index in [0.717, 1.165) is 19.3 Å². The maximum atomic E-state index is 12.2. The maximum absolute atomic E-state index is 12.2. The highest BCUT2D eigenvalue weighted by Gasteiger charge is 2.24. The Kier molecular flexibility index (Phi) is 5.40. The van der Waals surface area contributed by atoms with Crippen LogP contribution >= 0.6 is 0 Å². The van der Waals surface area contributed by atoms with Gasteiger partial charge in [-0.25, -0.2) is 12.7 Å². The minimum absolute atomic E-state index is 0.154. The van der Waals surface area contributed by atoms with Crippen LogP contribution in [0, 0.1) is 0 Å². The molecule has 0 bridgehead atoms. The minimum atomic E-state index is -3.15. The summed E-state index contributed by atoms with van der Waals surface area (Å²) in [5.41, 5.74) is 2.49. The maximum Gasteiger partial charge on any atom is 0.215 e. The fourth-order valence-electron chi connectivity index (χ4n) is 3.03. The number of hydrogen-bond acceptors (Lipinski definition) is 4. The molecular formula is C14H26N4O2S. The van der Waals surface area contributed by atoms with E-state index in [1.807, 2.05) is 31.8 Å². The molecule has 0 radical (unpaired) electrons. The van der Waals surface area contributed by atoms with E-state index in [1.54, 1.807) is 0 Å². The van der Waals surface area contributed by atoms with Crippen molar-refractivity contribution in [2.45, 2.75) is 39.2 Å². The van der Waals surface area contributed by atoms with Crippen LogP contribution in [0.3, 0.4) is 0 Å². The van der Waals surface area contributed by atoms with Gasteiger partial charge in [-0.05, 0) is 19.3 Å². The highest BCUT2D eigenvalue weighted by Crippen LogP contribution is 2.28. The SMILES string of the molecule is CCN(CC)S(=O)(=O)CCN[C@H]1CCCc2c1cnn2C. The first-order valence-electron chi connectivity index (χ1n) is 7.71. The van der Waals surface area contributed by atoms with Crippen molar-refractivity contribution in [3.05, 3.63) is 17.5 Å². The summed E-state index contributed by atoms with van der Waals surface area (Å²) in [5, 5.41) is 7.70. The topological polar surface area (TPSA) is 67.2 Å². The monoisotopic (exact) mass is 314 g/mol. The van der Waals surface area contributed by atoms with Crippen molar-refractivity contribution in [2.75, 3.05) is 25.4 Å². The van der Waals surface area contributed by atoms with E-state index in [0.29, 0.717) is 19.6 Å². The summed E-state index contributed by atoms with van der Waals surface area (Å²) in [6, 6.07) is 0.231. The van der Waals surface area contributed by atoms with Gasteiger partial charge in [-0.3, -0.25) is 4.68 Å². The van der Waals surface area contributed by atoms with Gasteiger partial charge in [-0.1, -0.05) is 13.8 Å². The summed E-state index contributed by atoms with van der Waals surface area (Å²) >= 11 is 0. The molecule has 7 heteroatoms. The molecular weight excluding hydrogens is 288 g/mol. The second-order valence-electron chi connectivity index (χ2n) is 5.47. The number of nitrogens with one attached hydrogen (secondary N) is 1. The van der Waals surface area contributed by atoms with Gasteiger partial charge in [0.2, 0.25) is 10.0 Å². The van der Waals surface area contributed by atoms with Crippen molar-refractivity contribution in [1.82, 2.24) is 19.4 Å². The fraction of sp³-hybridized carbons (Fsp3) is 0.786. The van der Waals surface area contributed by atoms with Crippen LogP contribution < -0.4 is 5.32 Å². The molecule has 1 aliphatic rings. The van der Waals surface area contributed by atoms with Gasteiger partial charge in [-0.15, -0.1) is 0 Å².